The van der Waals surface area contributed by atoms with Crippen LogP contribution in [0.4, 0.5) is 0 Å². The average molecular weight is 387 g/mol. The van der Waals surface area contributed by atoms with E-state index in [1.165, 1.54) is 32.2 Å². The van der Waals surface area contributed by atoms with Crippen molar-refractivity contribution in [2.75, 3.05) is 26.2 Å². The quantitative estimate of drug-likeness (QED) is 0.828. The van der Waals surface area contributed by atoms with E-state index < -0.39 is 0 Å². The SMILES string of the molecule is CC(=O)NC[C@H]1[C@H]2C[C@H](CN(Cc3[nH]cc(C)c(=O)c3C)C2)[C@@H]2CCCCN21. The first-order chi connectivity index (χ1) is 13.4. The molecule has 0 saturated carbocycles. The van der Waals surface area contributed by atoms with Gasteiger partial charge in [0.2, 0.25) is 5.91 Å². The molecule has 3 saturated heterocycles. The van der Waals surface area contributed by atoms with Gasteiger partial charge in [-0.1, -0.05) is 6.42 Å². The molecular formula is C22H34N4O2. The summed E-state index contributed by atoms with van der Waals surface area (Å²) in [6, 6.07) is 1.08. The molecule has 4 heterocycles. The maximum Gasteiger partial charge on any atom is 0.216 e. The van der Waals surface area contributed by atoms with E-state index in [1.807, 2.05) is 20.0 Å². The van der Waals surface area contributed by atoms with Crippen molar-refractivity contribution in [1.82, 2.24) is 20.1 Å². The Labute approximate surface area is 167 Å². The van der Waals surface area contributed by atoms with Gasteiger partial charge in [-0.15, -0.1) is 0 Å². The van der Waals surface area contributed by atoms with Crippen molar-refractivity contribution >= 4 is 5.91 Å². The van der Waals surface area contributed by atoms with Crippen LogP contribution in [0.25, 0.3) is 0 Å². The summed E-state index contributed by atoms with van der Waals surface area (Å²) in [4.78, 5) is 32.5. The van der Waals surface area contributed by atoms with Crippen molar-refractivity contribution in [1.29, 1.82) is 0 Å². The third-order valence-electron chi connectivity index (χ3n) is 7.25. The minimum Gasteiger partial charge on any atom is -0.363 e. The molecule has 3 fully saturated rings. The number of fused-ring (bicyclic) bond motifs is 4. The molecule has 1 amide bonds. The Hall–Kier alpha value is -1.66. The Kier molecular flexibility index (Phi) is 5.61. The minimum atomic E-state index is 0.0659. The lowest BCUT2D eigenvalue weighted by Crippen LogP contribution is -2.65. The molecule has 0 spiro atoms. The molecule has 4 rings (SSSR count). The van der Waals surface area contributed by atoms with E-state index >= 15 is 0 Å². The van der Waals surface area contributed by atoms with Gasteiger partial charge in [0.25, 0.3) is 0 Å². The van der Waals surface area contributed by atoms with Crippen molar-refractivity contribution in [3.63, 3.8) is 0 Å². The molecule has 3 aliphatic heterocycles. The predicted molar refractivity (Wildman–Crippen MR) is 110 cm³/mol. The van der Waals surface area contributed by atoms with Crippen molar-refractivity contribution < 1.29 is 4.79 Å². The predicted octanol–water partition coefficient (Wildman–Crippen LogP) is 1.80. The lowest BCUT2D eigenvalue weighted by molar-refractivity contribution is -0.120. The first-order valence-corrected chi connectivity index (χ1v) is 10.8. The van der Waals surface area contributed by atoms with E-state index in [2.05, 4.69) is 20.1 Å². The van der Waals surface area contributed by atoms with E-state index in [1.54, 1.807) is 6.92 Å². The standard InChI is InChI=1S/C22H34N4O2/c1-14-9-24-19(15(2)22(14)28)13-25-11-17-8-18(12-25)21(10-23-16(3)27)26-7-5-4-6-20(17)26/h9,17-18,20-21H,4-8,10-13H2,1-3H3,(H,23,27)(H,24,28)/t17-,18+,20+,21+/m1/s1. The van der Waals surface area contributed by atoms with E-state index in [0.29, 0.717) is 23.9 Å². The third-order valence-corrected chi connectivity index (χ3v) is 7.25. The fraction of sp³-hybridized carbons (Fsp3) is 0.727. The number of H-pyrrole nitrogens is 1. The molecule has 1 aromatic rings. The monoisotopic (exact) mass is 386 g/mol. The Morgan fingerprint density at radius 2 is 2.04 bits per heavy atom. The van der Waals surface area contributed by atoms with Gasteiger partial charge in [-0.05, 0) is 51.5 Å². The molecule has 1 aromatic heterocycles. The summed E-state index contributed by atoms with van der Waals surface area (Å²) in [5, 5.41) is 3.09. The number of nitrogens with zero attached hydrogens (tertiary/aromatic N) is 2. The van der Waals surface area contributed by atoms with Gasteiger partial charge in [0.1, 0.15) is 0 Å². The zero-order chi connectivity index (χ0) is 19.8. The minimum absolute atomic E-state index is 0.0659. The number of carbonyl (C=O) groups is 1. The van der Waals surface area contributed by atoms with Gasteiger partial charge in [0.15, 0.2) is 5.43 Å². The number of hydrogen-bond donors (Lipinski definition) is 2. The highest BCUT2D eigenvalue weighted by Crippen LogP contribution is 2.41. The molecule has 154 valence electrons. The van der Waals surface area contributed by atoms with E-state index in [4.69, 9.17) is 0 Å². The van der Waals surface area contributed by atoms with Crippen molar-refractivity contribution in [3.05, 3.63) is 33.2 Å². The lowest BCUT2D eigenvalue weighted by atomic mass is 9.72. The number of amides is 1. The van der Waals surface area contributed by atoms with Gasteiger partial charge in [-0.25, -0.2) is 0 Å². The van der Waals surface area contributed by atoms with Crippen LogP contribution in [-0.2, 0) is 11.3 Å². The number of rotatable bonds is 4. The number of nitrogens with one attached hydrogen (secondary N) is 2. The maximum absolute atomic E-state index is 12.3. The second-order valence-corrected chi connectivity index (χ2v) is 9.16. The molecule has 2 N–H and O–H groups in total. The second kappa shape index (κ2) is 7.99. The fourth-order valence-corrected chi connectivity index (χ4v) is 5.85. The second-order valence-electron chi connectivity index (χ2n) is 9.16. The molecule has 0 unspecified atom stereocenters. The number of carbonyl (C=O) groups excluding carboxylic acids is 1. The molecule has 28 heavy (non-hydrogen) atoms. The number of likely N-dealkylation sites (tertiary alicyclic amines) is 1. The van der Waals surface area contributed by atoms with Crippen LogP contribution >= 0.6 is 0 Å². The van der Waals surface area contributed by atoms with Crippen LogP contribution in [0.3, 0.4) is 0 Å². The Morgan fingerprint density at radius 3 is 2.82 bits per heavy atom. The molecule has 3 aliphatic rings. The average Bonchev–Trinajstić information content (AvgIpc) is 2.68. The Morgan fingerprint density at radius 1 is 1.25 bits per heavy atom. The van der Waals surface area contributed by atoms with Crippen molar-refractivity contribution in [3.8, 4) is 0 Å². The highest BCUT2D eigenvalue weighted by Gasteiger charge is 2.46. The summed E-state index contributed by atoms with van der Waals surface area (Å²) in [5.74, 6) is 1.35. The first-order valence-electron chi connectivity index (χ1n) is 10.8. The molecule has 0 aliphatic carbocycles. The van der Waals surface area contributed by atoms with E-state index in [-0.39, 0.29) is 11.3 Å². The Balaban J connectivity index is 1.53. The van der Waals surface area contributed by atoms with Gasteiger partial charge in [-0.3, -0.25) is 19.4 Å². The number of aromatic nitrogens is 1. The normalized spacial score (nSPS) is 30.7. The number of hydrogen-bond acceptors (Lipinski definition) is 4. The maximum atomic E-state index is 12.3. The molecule has 4 atom stereocenters. The lowest BCUT2D eigenvalue weighted by Gasteiger charge is -2.57. The van der Waals surface area contributed by atoms with Crippen LogP contribution in [0.5, 0.6) is 0 Å². The third kappa shape index (κ3) is 3.77. The molecule has 6 heteroatoms. The number of aromatic amines is 1. The molecule has 6 nitrogen and oxygen atoms in total. The zero-order valence-electron chi connectivity index (χ0n) is 17.5. The Bertz CT molecular complexity index is 789. The zero-order valence-corrected chi connectivity index (χ0v) is 17.5. The van der Waals surface area contributed by atoms with Crippen LogP contribution in [0.1, 0.15) is 49.4 Å². The van der Waals surface area contributed by atoms with E-state index in [9.17, 15) is 9.59 Å². The van der Waals surface area contributed by atoms with Gasteiger partial charge >= 0.3 is 0 Å². The van der Waals surface area contributed by atoms with Crippen molar-refractivity contribution in [2.45, 2.75) is 65.1 Å². The summed E-state index contributed by atoms with van der Waals surface area (Å²) in [7, 11) is 0. The van der Waals surface area contributed by atoms with Crippen LogP contribution in [0.2, 0.25) is 0 Å². The van der Waals surface area contributed by atoms with Gasteiger partial charge in [-0.2, -0.15) is 0 Å². The molecule has 2 bridgehead atoms. The molecular weight excluding hydrogens is 352 g/mol. The van der Waals surface area contributed by atoms with Crippen LogP contribution in [0.15, 0.2) is 11.0 Å². The summed E-state index contributed by atoms with van der Waals surface area (Å²) in [5.41, 5.74) is 2.84. The largest absolute Gasteiger partial charge is 0.363 e. The summed E-state index contributed by atoms with van der Waals surface area (Å²) in [6.45, 7) is 10.3. The summed E-state index contributed by atoms with van der Waals surface area (Å²) < 4.78 is 0. The van der Waals surface area contributed by atoms with Crippen LogP contribution in [-0.4, -0.2) is 59.0 Å². The van der Waals surface area contributed by atoms with Gasteiger partial charge in [0.05, 0.1) is 0 Å². The molecule has 0 aromatic carbocycles. The number of aryl methyl sites for hydroxylation is 1. The highest BCUT2D eigenvalue weighted by molar-refractivity contribution is 5.72. The fourth-order valence-electron chi connectivity index (χ4n) is 5.85. The highest BCUT2D eigenvalue weighted by atomic mass is 16.1. The molecule has 0 radical (unpaired) electrons. The summed E-state index contributed by atoms with van der Waals surface area (Å²) >= 11 is 0. The number of piperidine rings is 3. The number of pyridine rings is 1. The van der Waals surface area contributed by atoms with Crippen LogP contribution < -0.4 is 10.7 Å². The van der Waals surface area contributed by atoms with Crippen LogP contribution in [0, 0.1) is 25.7 Å². The van der Waals surface area contributed by atoms with Gasteiger partial charge in [0, 0.05) is 68.2 Å². The topological polar surface area (TPSA) is 68.4 Å². The van der Waals surface area contributed by atoms with Gasteiger partial charge < -0.3 is 10.3 Å². The smallest absolute Gasteiger partial charge is 0.216 e. The van der Waals surface area contributed by atoms with E-state index in [0.717, 1.165) is 43.0 Å². The summed E-state index contributed by atoms with van der Waals surface area (Å²) in [6.07, 6.45) is 6.99. The first kappa shape index (κ1) is 19.6. The van der Waals surface area contributed by atoms with Crippen molar-refractivity contribution in [2.24, 2.45) is 11.8 Å².